The molecule has 2 N–H and O–H groups in total. The van der Waals surface area contributed by atoms with Crippen LogP contribution in [0.4, 0.5) is 0 Å². The van der Waals surface area contributed by atoms with E-state index in [0.29, 0.717) is 6.54 Å². The Morgan fingerprint density at radius 1 is 1.58 bits per heavy atom. The quantitative estimate of drug-likeness (QED) is 0.825. The number of fused-ring (bicyclic) bond motifs is 1. The van der Waals surface area contributed by atoms with Crippen molar-refractivity contribution in [1.29, 1.82) is 0 Å². The molecule has 4 heteroatoms. The molecular weight excluding hydrogens is 238 g/mol. The molecule has 0 amide bonds. The maximum absolute atomic E-state index is 5.66. The zero-order chi connectivity index (χ0) is 8.55. The van der Waals surface area contributed by atoms with Gasteiger partial charge in [-0.25, -0.2) is 0 Å². The molecule has 0 aliphatic carbocycles. The van der Waals surface area contributed by atoms with Gasteiger partial charge in [-0.15, -0.1) is 11.3 Å². The van der Waals surface area contributed by atoms with Gasteiger partial charge < -0.3 is 10.5 Å². The van der Waals surface area contributed by atoms with Gasteiger partial charge in [-0.1, -0.05) is 0 Å². The van der Waals surface area contributed by atoms with Crippen LogP contribution in [0.1, 0.15) is 16.0 Å². The number of ether oxygens (including phenoxy) is 1. The highest BCUT2D eigenvalue weighted by atomic mass is 79.9. The van der Waals surface area contributed by atoms with Gasteiger partial charge in [-0.05, 0) is 33.5 Å². The topological polar surface area (TPSA) is 35.2 Å². The Balaban J connectivity index is 2.46. The van der Waals surface area contributed by atoms with Crippen molar-refractivity contribution in [2.45, 2.75) is 19.6 Å². The van der Waals surface area contributed by atoms with Crippen LogP contribution in [0.2, 0.25) is 0 Å². The maximum Gasteiger partial charge on any atom is 0.0812 e. The third kappa shape index (κ3) is 1.33. The van der Waals surface area contributed by atoms with Gasteiger partial charge in [-0.2, -0.15) is 0 Å². The van der Waals surface area contributed by atoms with Crippen molar-refractivity contribution in [3.05, 3.63) is 19.8 Å². The molecule has 1 aliphatic rings. The van der Waals surface area contributed by atoms with E-state index in [-0.39, 0.29) is 0 Å². The Labute approximate surface area is 83.8 Å². The lowest BCUT2D eigenvalue weighted by atomic mass is 10.1. The number of thiophene rings is 1. The van der Waals surface area contributed by atoms with Crippen molar-refractivity contribution in [1.82, 2.24) is 0 Å². The summed E-state index contributed by atoms with van der Waals surface area (Å²) in [6.45, 7) is 2.23. The zero-order valence-corrected chi connectivity index (χ0v) is 9.00. The lowest BCUT2D eigenvalue weighted by Crippen LogP contribution is -2.10. The highest BCUT2D eigenvalue weighted by Crippen LogP contribution is 2.35. The second kappa shape index (κ2) is 3.46. The Morgan fingerprint density at radius 2 is 2.42 bits per heavy atom. The first-order valence-electron chi connectivity index (χ1n) is 3.89. The van der Waals surface area contributed by atoms with E-state index in [9.17, 15) is 0 Å². The van der Waals surface area contributed by atoms with Crippen molar-refractivity contribution in [2.75, 3.05) is 6.61 Å². The Morgan fingerprint density at radius 3 is 3.17 bits per heavy atom. The third-order valence-electron chi connectivity index (χ3n) is 2.08. The Kier molecular flexibility index (Phi) is 2.50. The molecule has 2 heterocycles. The molecular formula is C8H10BrNOS. The Bertz CT molecular complexity index is 297. The standard InChI is InChI=1S/C8H10BrNOS/c9-8-6(3-10)5-1-2-11-4-7(5)12-8/h1-4,10H2. The van der Waals surface area contributed by atoms with E-state index in [2.05, 4.69) is 15.9 Å². The molecule has 1 aliphatic heterocycles. The van der Waals surface area contributed by atoms with E-state index in [1.165, 1.54) is 19.8 Å². The van der Waals surface area contributed by atoms with Crippen LogP contribution in [0.25, 0.3) is 0 Å². The summed E-state index contributed by atoms with van der Waals surface area (Å²) in [4.78, 5) is 1.34. The van der Waals surface area contributed by atoms with E-state index in [4.69, 9.17) is 10.5 Å². The predicted octanol–water partition coefficient (Wildman–Crippen LogP) is 2.04. The molecule has 0 bridgehead atoms. The van der Waals surface area contributed by atoms with E-state index >= 15 is 0 Å². The average Bonchev–Trinajstić information content (AvgIpc) is 2.40. The number of nitrogens with two attached hydrogens (primary N) is 1. The lowest BCUT2D eigenvalue weighted by Gasteiger charge is -2.12. The van der Waals surface area contributed by atoms with Crippen LogP contribution in [0.5, 0.6) is 0 Å². The monoisotopic (exact) mass is 247 g/mol. The SMILES string of the molecule is NCc1c(Br)sc2c1CCOC2. The van der Waals surface area contributed by atoms with Gasteiger partial charge in [0.05, 0.1) is 17.0 Å². The van der Waals surface area contributed by atoms with Crippen LogP contribution >= 0.6 is 27.3 Å². The predicted molar refractivity (Wildman–Crippen MR) is 53.3 cm³/mol. The van der Waals surface area contributed by atoms with Crippen LogP contribution in [-0.2, 0) is 24.3 Å². The summed E-state index contributed by atoms with van der Waals surface area (Å²) < 4.78 is 6.54. The van der Waals surface area contributed by atoms with Crippen molar-refractivity contribution >= 4 is 27.3 Å². The first-order valence-corrected chi connectivity index (χ1v) is 5.50. The number of hydrogen-bond acceptors (Lipinski definition) is 3. The first kappa shape index (κ1) is 8.69. The normalized spacial score (nSPS) is 16.2. The minimum Gasteiger partial charge on any atom is -0.376 e. The minimum atomic E-state index is 0.631. The molecule has 1 aromatic heterocycles. The molecule has 1 aromatic rings. The van der Waals surface area contributed by atoms with Crippen LogP contribution in [-0.4, -0.2) is 6.61 Å². The molecule has 66 valence electrons. The Hall–Kier alpha value is 0.1000. The van der Waals surface area contributed by atoms with Crippen molar-refractivity contribution in [3.8, 4) is 0 Å². The molecule has 12 heavy (non-hydrogen) atoms. The smallest absolute Gasteiger partial charge is 0.0812 e. The van der Waals surface area contributed by atoms with E-state index in [1.807, 2.05) is 0 Å². The summed E-state index contributed by atoms with van der Waals surface area (Å²) in [5, 5.41) is 0. The fraction of sp³-hybridized carbons (Fsp3) is 0.500. The number of rotatable bonds is 1. The molecule has 0 atom stereocenters. The summed E-state index contributed by atoms with van der Waals surface area (Å²) in [7, 11) is 0. The third-order valence-corrected chi connectivity index (χ3v) is 4.09. The van der Waals surface area contributed by atoms with E-state index < -0.39 is 0 Å². The second-order valence-electron chi connectivity index (χ2n) is 2.76. The fourth-order valence-electron chi connectivity index (χ4n) is 1.47. The highest BCUT2D eigenvalue weighted by molar-refractivity contribution is 9.11. The van der Waals surface area contributed by atoms with Gasteiger partial charge in [-0.3, -0.25) is 0 Å². The summed E-state index contributed by atoms with van der Waals surface area (Å²) in [6.07, 6.45) is 1.02. The van der Waals surface area contributed by atoms with Crippen LogP contribution in [0, 0.1) is 0 Å². The van der Waals surface area contributed by atoms with Gasteiger partial charge in [0, 0.05) is 11.4 Å². The van der Waals surface area contributed by atoms with Gasteiger partial charge in [0.15, 0.2) is 0 Å². The minimum absolute atomic E-state index is 0.631. The molecule has 2 rings (SSSR count). The average molecular weight is 248 g/mol. The molecule has 2 nitrogen and oxygen atoms in total. The van der Waals surface area contributed by atoms with Gasteiger partial charge >= 0.3 is 0 Å². The van der Waals surface area contributed by atoms with Gasteiger partial charge in [0.2, 0.25) is 0 Å². The molecule has 0 aromatic carbocycles. The highest BCUT2D eigenvalue weighted by Gasteiger charge is 2.18. The summed E-state index contributed by atoms with van der Waals surface area (Å²) in [5.74, 6) is 0. The van der Waals surface area contributed by atoms with Crippen LogP contribution in [0.15, 0.2) is 3.79 Å². The molecule has 0 spiro atoms. The fourth-order valence-corrected chi connectivity index (χ4v) is 3.49. The lowest BCUT2D eigenvalue weighted by molar-refractivity contribution is 0.113. The van der Waals surface area contributed by atoms with Gasteiger partial charge in [0.25, 0.3) is 0 Å². The largest absolute Gasteiger partial charge is 0.376 e. The van der Waals surface area contributed by atoms with Crippen LogP contribution in [0.3, 0.4) is 0 Å². The number of halogens is 1. The van der Waals surface area contributed by atoms with Crippen LogP contribution < -0.4 is 5.73 Å². The maximum atomic E-state index is 5.66. The van der Waals surface area contributed by atoms with Crippen molar-refractivity contribution in [3.63, 3.8) is 0 Å². The second-order valence-corrected chi connectivity index (χ2v) is 5.19. The first-order chi connectivity index (χ1) is 5.83. The summed E-state index contributed by atoms with van der Waals surface area (Å²) in [6, 6.07) is 0. The van der Waals surface area contributed by atoms with E-state index in [1.54, 1.807) is 11.3 Å². The molecule has 0 radical (unpaired) electrons. The molecule has 0 saturated heterocycles. The number of hydrogen-bond donors (Lipinski definition) is 1. The molecule has 0 fully saturated rings. The molecule has 0 saturated carbocycles. The summed E-state index contributed by atoms with van der Waals surface area (Å²) in [5.41, 5.74) is 8.35. The zero-order valence-electron chi connectivity index (χ0n) is 6.60. The van der Waals surface area contributed by atoms with Crippen molar-refractivity contribution in [2.24, 2.45) is 5.73 Å². The van der Waals surface area contributed by atoms with Gasteiger partial charge in [0.1, 0.15) is 0 Å². The van der Waals surface area contributed by atoms with E-state index in [0.717, 1.165) is 19.6 Å². The van der Waals surface area contributed by atoms with Crippen molar-refractivity contribution < 1.29 is 4.74 Å². The molecule has 0 unspecified atom stereocenters. The summed E-state index contributed by atoms with van der Waals surface area (Å²) >= 11 is 5.27.